The predicted octanol–water partition coefficient (Wildman–Crippen LogP) is 2.50. The molecule has 13 nitrogen and oxygen atoms in total. The van der Waals surface area contributed by atoms with Crippen LogP contribution in [-0.2, 0) is 14.3 Å². The van der Waals surface area contributed by atoms with Crippen LogP contribution in [0.2, 0.25) is 0 Å². The van der Waals surface area contributed by atoms with Gasteiger partial charge >= 0.3 is 18.0 Å². The Morgan fingerprint density at radius 3 is 2.50 bits per heavy atom. The van der Waals surface area contributed by atoms with Gasteiger partial charge in [0.15, 0.2) is 5.82 Å². The number of alkyl carbamates (subject to hydrolysis) is 1. The number of nitrogens with zero attached hydrogens (tertiary/aromatic N) is 3. The Bertz CT molecular complexity index is 1760. The molecular weight excluding hydrogens is 630 g/mol. The number of aliphatic carboxylic acids is 1. The molecule has 246 valence electrons. The number of pyridine rings is 1. The molecule has 4 N–H and O–H groups in total. The van der Waals surface area contributed by atoms with Gasteiger partial charge in [-0.2, -0.15) is 0 Å². The summed E-state index contributed by atoms with van der Waals surface area (Å²) in [5.74, 6) is -5.95. The summed E-state index contributed by atoms with van der Waals surface area (Å²) >= 11 is 1.16. The fourth-order valence-corrected chi connectivity index (χ4v) is 7.92. The molecule has 2 unspecified atom stereocenters. The number of carboxylic acid groups (broad SMARTS) is 2. The van der Waals surface area contributed by atoms with Crippen LogP contribution in [0.4, 0.5) is 19.3 Å². The summed E-state index contributed by atoms with van der Waals surface area (Å²) < 4.78 is 37.9. The molecule has 1 saturated carbocycles. The normalized spacial score (nSPS) is 24.7. The average Bonchev–Trinajstić information content (AvgIpc) is 3.67. The topological polar surface area (TPSA) is 179 Å². The van der Waals surface area contributed by atoms with Crippen LogP contribution in [-0.4, -0.2) is 92.4 Å². The average molecular weight is 663 g/mol. The lowest BCUT2D eigenvalue weighted by atomic mass is 9.79. The molecule has 46 heavy (non-hydrogen) atoms. The van der Waals surface area contributed by atoms with Crippen LogP contribution in [0.25, 0.3) is 10.9 Å². The number of hydrogen-bond donors (Lipinski definition) is 4. The van der Waals surface area contributed by atoms with E-state index < -0.39 is 70.7 Å². The molecule has 3 aliphatic heterocycles. The van der Waals surface area contributed by atoms with Crippen LogP contribution < -0.4 is 15.6 Å². The Labute approximate surface area is 264 Å². The van der Waals surface area contributed by atoms with Crippen molar-refractivity contribution in [2.75, 3.05) is 30.3 Å². The highest BCUT2D eigenvalue weighted by atomic mass is 32.2. The molecule has 16 heteroatoms. The van der Waals surface area contributed by atoms with Gasteiger partial charge in [-0.25, -0.2) is 23.2 Å². The molecule has 3 fully saturated rings. The molecule has 1 aromatic heterocycles. The van der Waals surface area contributed by atoms with Gasteiger partial charge in [-0.1, -0.05) is 6.92 Å². The van der Waals surface area contributed by atoms with E-state index in [2.05, 4.69) is 5.32 Å². The lowest BCUT2D eigenvalue weighted by Gasteiger charge is -2.46. The lowest BCUT2D eigenvalue weighted by molar-refractivity contribution is -0.163. The van der Waals surface area contributed by atoms with Crippen LogP contribution in [0.1, 0.15) is 49.5 Å². The molecule has 6 rings (SSSR count). The number of anilines is 1. The molecule has 2 amide bonds. The van der Waals surface area contributed by atoms with Gasteiger partial charge in [0.05, 0.1) is 35.0 Å². The van der Waals surface area contributed by atoms with E-state index in [0.29, 0.717) is 24.2 Å². The number of halogens is 2. The second kappa shape index (κ2) is 11.9. The number of aromatic nitrogens is 1. The molecule has 4 aliphatic rings. The number of rotatable bonds is 10. The van der Waals surface area contributed by atoms with E-state index in [9.17, 15) is 39.3 Å². The standard InChI is InChI=1S/C30H32F2N4O9S/c1-12-21-19(13(2)37)27(39)36(21)24(29(42)43)26(12)46-8-7-45-30(44)33-14-5-6-34(10-14)23-18(31)9-16-22(20(23)32)35(15-3-4-15)11-17(25(16)38)28(40)41/h9,11-15,19,21,37H,3-8,10H2,1-2H3,(H,33,44)(H,40,41)(H,42,43)/t12?,13-,14?,19+,21+/m1/s1. The van der Waals surface area contributed by atoms with Crippen LogP contribution >= 0.6 is 11.8 Å². The summed E-state index contributed by atoms with van der Waals surface area (Å²) in [6.45, 7) is 3.44. The van der Waals surface area contributed by atoms with Gasteiger partial charge in [-0.3, -0.25) is 9.59 Å². The number of hydrogen-bond acceptors (Lipinski definition) is 9. The molecule has 5 atom stereocenters. The fourth-order valence-electron chi connectivity index (χ4n) is 6.81. The molecule has 1 aromatic carbocycles. The predicted molar refractivity (Wildman–Crippen MR) is 161 cm³/mol. The van der Waals surface area contributed by atoms with E-state index in [4.69, 9.17) is 4.74 Å². The summed E-state index contributed by atoms with van der Waals surface area (Å²) in [7, 11) is 0. The Hall–Kier alpha value is -4.18. The molecule has 0 bridgehead atoms. The number of thioether (sulfide) groups is 1. The largest absolute Gasteiger partial charge is 0.477 e. The van der Waals surface area contributed by atoms with Crippen molar-refractivity contribution < 1.29 is 48.0 Å². The number of aromatic carboxylic acids is 1. The SMILES string of the molecule is CC1C(SCCOC(=O)NC2CCN(c3c(F)cc4c(=O)c(C(=O)O)cn(C5CC5)c4c3F)C2)=C(C(=O)O)N2C(=O)[C@@H]([C@@H](C)O)[C@H]12. The molecule has 0 spiro atoms. The number of nitrogens with one attached hydrogen (secondary N) is 1. The highest BCUT2D eigenvalue weighted by molar-refractivity contribution is 8.03. The number of fused-ring (bicyclic) bond motifs is 2. The van der Waals surface area contributed by atoms with E-state index in [1.807, 2.05) is 0 Å². The first-order valence-electron chi connectivity index (χ1n) is 14.9. The van der Waals surface area contributed by atoms with Gasteiger partial charge in [0, 0.05) is 41.9 Å². The van der Waals surface area contributed by atoms with E-state index in [1.54, 1.807) is 6.92 Å². The first kappa shape index (κ1) is 31.8. The Morgan fingerprint density at radius 1 is 1.15 bits per heavy atom. The van der Waals surface area contributed by atoms with Crippen LogP contribution in [0, 0.1) is 23.5 Å². The highest BCUT2D eigenvalue weighted by Crippen LogP contribution is 2.50. The fraction of sp³-hybridized carbons (Fsp3) is 0.500. The van der Waals surface area contributed by atoms with Crippen LogP contribution in [0.5, 0.6) is 0 Å². The van der Waals surface area contributed by atoms with Gasteiger partial charge in [-0.15, -0.1) is 11.8 Å². The minimum absolute atomic E-state index is 0.0478. The van der Waals surface area contributed by atoms with Crippen molar-refractivity contribution in [2.45, 2.75) is 57.3 Å². The van der Waals surface area contributed by atoms with E-state index >= 15 is 8.78 Å². The maximum absolute atomic E-state index is 15.9. The van der Waals surface area contributed by atoms with Crippen molar-refractivity contribution in [1.29, 1.82) is 0 Å². The molecule has 2 saturated heterocycles. The molecule has 2 aromatic rings. The number of benzene rings is 1. The summed E-state index contributed by atoms with van der Waals surface area (Å²) in [5, 5.41) is 31.5. The summed E-state index contributed by atoms with van der Waals surface area (Å²) in [6.07, 6.45) is 1.10. The zero-order chi connectivity index (χ0) is 33.2. The van der Waals surface area contributed by atoms with Crippen molar-refractivity contribution >= 4 is 52.3 Å². The van der Waals surface area contributed by atoms with Crippen molar-refractivity contribution in [3.63, 3.8) is 0 Å². The second-order valence-corrected chi connectivity index (χ2v) is 13.2. The molecule has 0 radical (unpaired) electrons. The zero-order valence-electron chi connectivity index (χ0n) is 24.9. The third-order valence-corrected chi connectivity index (χ3v) is 10.3. The number of aliphatic hydroxyl groups excluding tert-OH is 1. The summed E-state index contributed by atoms with van der Waals surface area (Å²) in [4.78, 5) is 64.4. The quantitative estimate of drug-likeness (QED) is 0.217. The minimum atomic E-state index is -1.48. The third-order valence-electron chi connectivity index (χ3n) is 9.07. The van der Waals surface area contributed by atoms with E-state index in [1.165, 1.54) is 21.3 Å². The number of carboxylic acids is 2. The van der Waals surface area contributed by atoms with Gasteiger partial charge in [0.2, 0.25) is 11.3 Å². The number of carbonyl (C=O) groups excluding carboxylic acids is 2. The first-order chi connectivity index (χ1) is 21.8. The Morgan fingerprint density at radius 2 is 1.87 bits per heavy atom. The van der Waals surface area contributed by atoms with Crippen molar-refractivity contribution in [1.82, 2.24) is 14.8 Å². The Kier molecular flexibility index (Phi) is 8.21. The molecule has 4 heterocycles. The minimum Gasteiger partial charge on any atom is -0.477 e. The smallest absolute Gasteiger partial charge is 0.407 e. The van der Waals surface area contributed by atoms with Crippen molar-refractivity contribution in [2.24, 2.45) is 11.8 Å². The summed E-state index contributed by atoms with van der Waals surface area (Å²) in [5.41, 5.74) is -2.17. The second-order valence-electron chi connectivity index (χ2n) is 12.1. The van der Waals surface area contributed by atoms with E-state index in [0.717, 1.165) is 24.0 Å². The van der Waals surface area contributed by atoms with Gasteiger partial charge in [-0.05, 0) is 32.3 Å². The maximum atomic E-state index is 15.9. The molecule has 1 aliphatic carbocycles. The number of β-lactam (4-membered cyclic amide) rings is 1. The third kappa shape index (κ3) is 5.26. The number of amides is 2. The monoisotopic (exact) mass is 662 g/mol. The number of carbonyl (C=O) groups is 4. The number of aliphatic hydroxyl groups is 1. The van der Waals surface area contributed by atoms with Gasteiger partial charge < -0.3 is 39.7 Å². The van der Waals surface area contributed by atoms with Gasteiger partial charge in [0.25, 0.3) is 0 Å². The van der Waals surface area contributed by atoms with Crippen LogP contribution in [0.15, 0.2) is 27.7 Å². The van der Waals surface area contributed by atoms with Crippen LogP contribution in [0.3, 0.4) is 0 Å². The molecular formula is C30H32F2N4O9S. The highest BCUT2D eigenvalue weighted by Gasteiger charge is 2.60. The van der Waals surface area contributed by atoms with Crippen molar-refractivity contribution in [3.8, 4) is 0 Å². The van der Waals surface area contributed by atoms with Crippen molar-refractivity contribution in [3.05, 3.63) is 50.3 Å². The summed E-state index contributed by atoms with van der Waals surface area (Å²) in [6, 6.07) is -0.294. The number of ether oxygens (including phenoxy) is 1. The maximum Gasteiger partial charge on any atom is 0.407 e. The van der Waals surface area contributed by atoms with Gasteiger partial charge in [0.1, 0.15) is 29.4 Å². The zero-order valence-corrected chi connectivity index (χ0v) is 25.7. The van der Waals surface area contributed by atoms with E-state index in [-0.39, 0.29) is 59.7 Å². The first-order valence-corrected chi connectivity index (χ1v) is 15.9. The Balaban J connectivity index is 1.08. The lowest BCUT2D eigenvalue weighted by Crippen LogP contribution is -2.63.